The average Bonchev–Trinajstić information content (AvgIpc) is 2.38. The Balaban J connectivity index is 2.54. The summed E-state index contributed by atoms with van der Waals surface area (Å²) in [7, 11) is 0. The van der Waals surface area contributed by atoms with Crippen molar-refractivity contribution in [1.82, 2.24) is 5.32 Å². The van der Waals surface area contributed by atoms with Gasteiger partial charge in [-0.2, -0.15) is 0 Å². The van der Waals surface area contributed by atoms with Gasteiger partial charge in [0.1, 0.15) is 0 Å². The van der Waals surface area contributed by atoms with E-state index in [9.17, 15) is 4.79 Å². The molecule has 19 heavy (non-hydrogen) atoms. The largest absolute Gasteiger partial charge is 0.352 e. The number of benzene rings is 1. The van der Waals surface area contributed by atoms with Crippen molar-refractivity contribution in [2.75, 3.05) is 6.54 Å². The van der Waals surface area contributed by atoms with Crippen molar-refractivity contribution in [2.24, 2.45) is 5.92 Å². The summed E-state index contributed by atoms with van der Waals surface area (Å²) in [6.45, 7) is 9.25. The molecule has 1 rings (SSSR count). The Kier molecular flexibility index (Phi) is 6.61. The summed E-state index contributed by atoms with van der Waals surface area (Å²) < 4.78 is 0. The van der Waals surface area contributed by atoms with E-state index in [0.717, 1.165) is 24.1 Å². The van der Waals surface area contributed by atoms with Crippen LogP contribution < -0.4 is 5.32 Å². The Labute approximate surface area is 117 Å². The van der Waals surface area contributed by atoms with Gasteiger partial charge in [0, 0.05) is 12.1 Å². The van der Waals surface area contributed by atoms with Gasteiger partial charge in [-0.25, -0.2) is 0 Å². The second kappa shape index (κ2) is 7.98. The van der Waals surface area contributed by atoms with Gasteiger partial charge in [0.2, 0.25) is 0 Å². The van der Waals surface area contributed by atoms with Crippen molar-refractivity contribution < 1.29 is 4.79 Å². The molecular weight excluding hydrogens is 234 g/mol. The van der Waals surface area contributed by atoms with Crippen molar-refractivity contribution in [3.8, 4) is 0 Å². The summed E-state index contributed by atoms with van der Waals surface area (Å²) in [6.07, 6.45) is 4.81. The van der Waals surface area contributed by atoms with Crippen molar-refractivity contribution >= 4 is 5.91 Å². The van der Waals surface area contributed by atoms with E-state index in [-0.39, 0.29) is 5.91 Å². The van der Waals surface area contributed by atoms with E-state index in [2.05, 4.69) is 25.2 Å². The molecule has 106 valence electrons. The first-order chi connectivity index (χ1) is 9.08. The van der Waals surface area contributed by atoms with Crippen LogP contribution in [0.3, 0.4) is 0 Å². The number of aryl methyl sites for hydroxylation is 2. The summed E-state index contributed by atoms with van der Waals surface area (Å²) in [5, 5.41) is 3.08. The summed E-state index contributed by atoms with van der Waals surface area (Å²) >= 11 is 0. The quantitative estimate of drug-likeness (QED) is 0.781. The zero-order chi connectivity index (χ0) is 14.3. The minimum atomic E-state index is 0.0625. The number of unbranched alkanes of at least 4 members (excludes halogenated alkanes) is 1. The summed E-state index contributed by atoms with van der Waals surface area (Å²) in [4.78, 5) is 12.2. The number of carbonyl (C=O) groups is 1. The van der Waals surface area contributed by atoms with Gasteiger partial charge in [-0.05, 0) is 37.8 Å². The Bertz CT molecular complexity index is 412. The van der Waals surface area contributed by atoms with Crippen molar-refractivity contribution in [1.29, 1.82) is 0 Å². The van der Waals surface area contributed by atoms with Crippen molar-refractivity contribution in [3.05, 3.63) is 34.9 Å². The number of rotatable bonds is 7. The van der Waals surface area contributed by atoms with Crippen LogP contribution in [-0.2, 0) is 0 Å². The molecule has 1 aromatic rings. The van der Waals surface area contributed by atoms with Crippen molar-refractivity contribution in [2.45, 2.75) is 53.4 Å². The highest BCUT2D eigenvalue weighted by Gasteiger charge is 2.11. The molecular formula is C17H27NO. The van der Waals surface area contributed by atoms with Crippen LogP contribution in [-0.4, -0.2) is 12.5 Å². The number of amides is 1. The first-order valence-electron chi connectivity index (χ1n) is 7.43. The normalized spacial score (nSPS) is 12.2. The lowest BCUT2D eigenvalue weighted by molar-refractivity contribution is 0.0945. The van der Waals surface area contributed by atoms with E-state index in [0.29, 0.717) is 5.92 Å². The molecule has 1 N–H and O–H groups in total. The lowest BCUT2D eigenvalue weighted by atomic mass is 9.99. The third-order valence-corrected chi connectivity index (χ3v) is 3.72. The molecule has 1 atom stereocenters. The molecule has 0 radical (unpaired) electrons. The molecule has 0 saturated carbocycles. The van der Waals surface area contributed by atoms with Crippen LogP contribution in [0.25, 0.3) is 0 Å². The molecule has 2 heteroatoms. The van der Waals surface area contributed by atoms with Crippen LogP contribution in [0.2, 0.25) is 0 Å². The molecule has 1 aromatic carbocycles. The first kappa shape index (κ1) is 15.7. The van der Waals surface area contributed by atoms with Gasteiger partial charge >= 0.3 is 0 Å². The summed E-state index contributed by atoms with van der Waals surface area (Å²) in [5.41, 5.74) is 3.05. The summed E-state index contributed by atoms with van der Waals surface area (Å²) in [5.74, 6) is 0.669. The number of carbonyl (C=O) groups excluding carboxylic acids is 1. The monoisotopic (exact) mass is 261 g/mol. The van der Waals surface area contributed by atoms with Crippen LogP contribution in [0, 0.1) is 19.8 Å². The minimum Gasteiger partial charge on any atom is -0.352 e. The lowest BCUT2D eigenvalue weighted by Gasteiger charge is -2.16. The summed E-state index contributed by atoms with van der Waals surface area (Å²) in [6, 6.07) is 5.98. The maximum absolute atomic E-state index is 12.2. The standard InChI is InChI=1S/C17H27NO/c1-5-7-8-15(6-2)12-18-17(19)16-10-9-13(3)11-14(16)4/h9-11,15H,5-8,12H2,1-4H3,(H,18,19)/t15-/m0/s1. The fourth-order valence-corrected chi connectivity index (χ4v) is 2.34. The predicted molar refractivity (Wildman–Crippen MR) is 81.6 cm³/mol. The molecule has 0 bridgehead atoms. The van der Waals surface area contributed by atoms with Crippen LogP contribution in [0.4, 0.5) is 0 Å². The van der Waals surface area contributed by atoms with Gasteiger partial charge in [-0.15, -0.1) is 0 Å². The molecule has 0 aromatic heterocycles. The van der Waals surface area contributed by atoms with Gasteiger partial charge in [0.05, 0.1) is 0 Å². The molecule has 0 spiro atoms. The highest BCUT2D eigenvalue weighted by molar-refractivity contribution is 5.95. The Morgan fingerprint density at radius 2 is 2.00 bits per heavy atom. The predicted octanol–water partition coefficient (Wildman–Crippen LogP) is 4.25. The zero-order valence-electron chi connectivity index (χ0n) is 12.8. The molecule has 0 aliphatic rings. The van der Waals surface area contributed by atoms with Crippen LogP contribution >= 0.6 is 0 Å². The van der Waals surface area contributed by atoms with Gasteiger partial charge < -0.3 is 5.32 Å². The molecule has 0 aliphatic heterocycles. The van der Waals surface area contributed by atoms with Crippen LogP contribution in [0.5, 0.6) is 0 Å². The molecule has 0 aliphatic carbocycles. The molecule has 0 fully saturated rings. The second-order valence-corrected chi connectivity index (χ2v) is 5.44. The number of hydrogen-bond acceptors (Lipinski definition) is 1. The van der Waals surface area contributed by atoms with Gasteiger partial charge in [0.25, 0.3) is 5.91 Å². The van der Waals surface area contributed by atoms with E-state index in [1.807, 2.05) is 26.0 Å². The first-order valence-corrected chi connectivity index (χ1v) is 7.43. The third-order valence-electron chi connectivity index (χ3n) is 3.72. The van der Waals surface area contributed by atoms with E-state index < -0.39 is 0 Å². The van der Waals surface area contributed by atoms with Gasteiger partial charge in [0.15, 0.2) is 0 Å². The Hall–Kier alpha value is -1.31. The average molecular weight is 261 g/mol. The van der Waals surface area contributed by atoms with E-state index in [4.69, 9.17) is 0 Å². The molecule has 0 saturated heterocycles. The highest BCUT2D eigenvalue weighted by atomic mass is 16.1. The van der Waals surface area contributed by atoms with E-state index in [1.165, 1.54) is 24.8 Å². The van der Waals surface area contributed by atoms with E-state index in [1.54, 1.807) is 0 Å². The smallest absolute Gasteiger partial charge is 0.251 e. The molecule has 2 nitrogen and oxygen atoms in total. The fraction of sp³-hybridized carbons (Fsp3) is 0.588. The van der Waals surface area contributed by atoms with E-state index >= 15 is 0 Å². The molecule has 0 heterocycles. The SMILES string of the molecule is CCCC[C@H](CC)CNC(=O)c1ccc(C)cc1C. The molecule has 1 amide bonds. The Morgan fingerprint density at radius 1 is 1.26 bits per heavy atom. The molecule has 0 unspecified atom stereocenters. The van der Waals surface area contributed by atoms with Crippen LogP contribution in [0.15, 0.2) is 18.2 Å². The maximum atomic E-state index is 12.2. The Morgan fingerprint density at radius 3 is 2.58 bits per heavy atom. The minimum absolute atomic E-state index is 0.0625. The second-order valence-electron chi connectivity index (χ2n) is 5.44. The fourth-order valence-electron chi connectivity index (χ4n) is 2.34. The highest BCUT2D eigenvalue weighted by Crippen LogP contribution is 2.13. The third kappa shape index (κ3) is 5.06. The topological polar surface area (TPSA) is 29.1 Å². The maximum Gasteiger partial charge on any atom is 0.251 e. The van der Waals surface area contributed by atoms with Gasteiger partial charge in [-0.1, -0.05) is 50.8 Å². The zero-order valence-corrected chi connectivity index (χ0v) is 12.8. The lowest BCUT2D eigenvalue weighted by Crippen LogP contribution is -2.29. The number of nitrogens with one attached hydrogen (secondary N) is 1. The number of hydrogen-bond donors (Lipinski definition) is 1. The van der Waals surface area contributed by atoms with Crippen molar-refractivity contribution in [3.63, 3.8) is 0 Å². The van der Waals surface area contributed by atoms with Crippen LogP contribution in [0.1, 0.15) is 61.0 Å². The van der Waals surface area contributed by atoms with Gasteiger partial charge in [-0.3, -0.25) is 4.79 Å².